The number of nitrogens with zero attached hydrogens (tertiary/aromatic N) is 3. The van der Waals surface area contributed by atoms with Gasteiger partial charge >= 0.3 is 0 Å². The number of aryl methyl sites for hydroxylation is 1. The molecule has 0 atom stereocenters. The molecule has 0 aliphatic heterocycles. The molecule has 84 valence electrons. The first-order valence-corrected chi connectivity index (χ1v) is 5.04. The highest BCUT2D eigenvalue weighted by Gasteiger charge is 2.06. The van der Waals surface area contributed by atoms with Crippen molar-refractivity contribution in [2.75, 3.05) is 20.1 Å². The van der Waals surface area contributed by atoms with E-state index in [2.05, 4.69) is 10.4 Å². The smallest absolute Gasteiger partial charge is 0.234 e. The summed E-state index contributed by atoms with van der Waals surface area (Å²) >= 11 is 0. The lowest BCUT2D eigenvalue weighted by Gasteiger charge is -2.14. The van der Waals surface area contributed by atoms with Crippen LogP contribution >= 0.6 is 0 Å². The molecule has 1 rings (SSSR count). The van der Waals surface area contributed by atoms with Crippen LogP contribution in [0.1, 0.15) is 12.5 Å². The van der Waals surface area contributed by atoms with Crippen LogP contribution in [0.3, 0.4) is 0 Å². The Labute approximate surface area is 90.1 Å². The normalized spacial score (nSPS) is 10.7. The Bertz CT molecular complexity index is 321. The number of hydrogen-bond acceptors (Lipinski definition) is 3. The quantitative estimate of drug-likeness (QED) is 0.743. The number of likely N-dealkylation sites (N-methyl/N-ethyl adjacent to an activating group) is 2. The molecule has 1 aromatic heterocycles. The summed E-state index contributed by atoms with van der Waals surface area (Å²) in [5, 5.41) is 6.84. The van der Waals surface area contributed by atoms with Crippen molar-refractivity contribution in [3.63, 3.8) is 0 Å². The Balaban J connectivity index is 2.35. The van der Waals surface area contributed by atoms with Crippen LogP contribution in [0, 0.1) is 0 Å². The predicted molar refractivity (Wildman–Crippen MR) is 58.2 cm³/mol. The third kappa shape index (κ3) is 4.12. The van der Waals surface area contributed by atoms with Crippen molar-refractivity contribution in [2.24, 2.45) is 7.05 Å². The molecule has 5 heteroatoms. The van der Waals surface area contributed by atoms with Gasteiger partial charge in [-0.25, -0.2) is 0 Å². The van der Waals surface area contributed by atoms with Crippen LogP contribution < -0.4 is 5.32 Å². The van der Waals surface area contributed by atoms with Crippen molar-refractivity contribution in [1.29, 1.82) is 0 Å². The Hall–Kier alpha value is -1.36. The third-order valence-electron chi connectivity index (χ3n) is 2.00. The lowest BCUT2D eigenvalue weighted by atomic mass is 10.3. The molecule has 0 saturated carbocycles. The van der Waals surface area contributed by atoms with Crippen molar-refractivity contribution in [2.45, 2.75) is 13.5 Å². The minimum atomic E-state index is 0.0592. The molecule has 0 aromatic carbocycles. The van der Waals surface area contributed by atoms with Crippen LogP contribution in [-0.2, 0) is 18.4 Å². The van der Waals surface area contributed by atoms with Gasteiger partial charge < -0.3 is 5.32 Å². The number of hydrogen-bond donors (Lipinski definition) is 1. The van der Waals surface area contributed by atoms with Crippen LogP contribution in [-0.4, -0.2) is 40.7 Å². The van der Waals surface area contributed by atoms with E-state index in [1.165, 1.54) is 0 Å². The summed E-state index contributed by atoms with van der Waals surface area (Å²) in [5.74, 6) is 0.0592. The number of aromatic nitrogens is 2. The van der Waals surface area contributed by atoms with Crippen molar-refractivity contribution in [1.82, 2.24) is 20.0 Å². The number of carbonyl (C=O) groups is 1. The van der Waals surface area contributed by atoms with E-state index in [4.69, 9.17) is 0 Å². The number of amides is 1. The summed E-state index contributed by atoms with van der Waals surface area (Å²) in [5.41, 5.74) is 1.12. The molecule has 0 radical (unpaired) electrons. The fourth-order valence-corrected chi connectivity index (χ4v) is 1.42. The number of nitrogens with one attached hydrogen (secondary N) is 1. The molecule has 15 heavy (non-hydrogen) atoms. The van der Waals surface area contributed by atoms with Gasteiger partial charge in [-0.05, 0) is 14.0 Å². The van der Waals surface area contributed by atoms with Gasteiger partial charge in [-0.1, -0.05) is 0 Å². The maximum atomic E-state index is 11.3. The van der Waals surface area contributed by atoms with Crippen LogP contribution in [0.2, 0.25) is 0 Å². The molecule has 1 heterocycles. The Kier molecular flexibility index (Phi) is 4.30. The zero-order valence-corrected chi connectivity index (χ0v) is 9.53. The van der Waals surface area contributed by atoms with Gasteiger partial charge in [0.25, 0.3) is 0 Å². The first-order chi connectivity index (χ1) is 7.11. The van der Waals surface area contributed by atoms with E-state index in [0.29, 0.717) is 13.1 Å². The van der Waals surface area contributed by atoms with Gasteiger partial charge in [-0.2, -0.15) is 5.10 Å². The van der Waals surface area contributed by atoms with Gasteiger partial charge in [-0.15, -0.1) is 0 Å². The summed E-state index contributed by atoms with van der Waals surface area (Å²) in [7, 11) is 3.80. The number of carbonyl (C=O) groups excluding carboxylic acids is 1. The predicted octanol–water partition coefficient (Wildman–Crippen LogP) is -0.0120. The highest BCUT2D eigenvalue weighted by Crippen LogP contribution is 2.00. The van der Waals surface area contributed by atoms with E-state index < -0.39 is 0 Å². The largest absolute Gasteiger partial charge is 0.355 e. The van der Waals surface area contributed by atoms with Crippen LogP contribution in [0.15, 0.2) is 12.4 Å². The average Bonchev–Trinajstić information content (AvgIpc) is 2.51. The Morgan fingerprint density at radius 1 is 1.67 bits per heavy atom. The molecule has 5 nitrogen and oxygen atoms in total. The van der Waals surface area contributed by atoms with Gasteiger partial charge in [0.15, 0.2) is 0 Å². The molecule has 0 saturated heterocycles. The second-order valence-corrected chi connectivity index (χ2v) is 3.65. The monoisotopic (exact) mass is 210 g/mol. The highest BCUT2D eigenvalue weighted by atomic mass is 16.1. The van der Waals surface area contributed by atoms with E-state index in [-0.39, 0.29) is 5.91 Å². The summed E-state index contributed by atoms with van der Waals surface area (Å²) in [6.07, 6.45) is 3.77. The van der Waals surface area contributed by atoms with Crippen molar-refractivity contribution in [3.05, 3.63) is 18.0 Å². The first kappa shape index (κ1) is 11.7. The maximum Gasteiger partial charge on any atom is 0.234 e. The maximum absolute atomic E-state index is 11.3. The lowest BCUT2D eigenvalue weighted by molar-refractivity contribution is -0.121. The van der Waals surface area contributed by atoms with Gasteiger partial charge in [0.05, 0.1) is 12.7 Å². The average molecular weight is 210 g/mol. The second-order valence-electron chi connectivity index (χ2n) is 3.65. The molecule has 0 fully saturated rings. The third-order valence-corrected chi connectivity index (χ3v) is 2.00. The van der Waals surface area contributed by atoms with Crippen LogP contribution in [0.25, 0.3) is 0 Å². The minimum absolute atomic E-state index is 0.0592. The Morgan fingerprint density at radius 3 is 2.93 bits per heavy atom. The summed E-state index contributed by atoms with van der Waals surface area (Å²) in [4.78, 5) is 13.2. The molecule has 1 N–H and O–H groups in total. The summed E-state index contributed by atoms with van der Waals surface area (Å²) < 4.78 is 1.76. The fourth-order valence-electron chi connectivity index (χ4n) is 1.42. The first-order valence-electron chi connectivity index (χ1n) is 5.04. The molecule has 0 aliphatic carbocycles. The van der Waals surface area contributed by atoms with E-state index in [1.54, 1.807) is 4.68 Å². The zero-order valence-electron chi connectivity index (χ0n) is 9.53. The lowest BCUT2D eigenvalue weighted by Crippen LogP contribution is -2.34. The van der Waals surface area contributed by atoms with Crippen LogP contribution in [0.4, 0.5) is 0 Å². The molecule has 0 spiro atoms. The highest BCUT2D eigenvalue weighted by molar-refractivity contribution is 5.77. The summed E-state index contributed by atoms with van der Waals surface area (Å²) in [6.45, 7) is 3.76. The van der Waals surface area contributed by atoms with Crippen molar-refractivity contribution < 1.29 is 4.79 Å². The Morgan fingerprint density at radius 2 is 2.40 bits per heavy atom. The number of rotatable bonds is 5. The second kappa shape index (κ2) is 5.50. The molecular formula is C10H18N4O. The van der Waals surface area contributed by atoms with Gasteiger partial charge in [0, 0.05) is 31.9 Å². The van der Waals surface area contributed by atoms with Crippen molar-refractivity contribution >= 4 is 5.91 Å². The molecule has 0 unspecified atom stereocenters. The van der Waals surface area contributed by atoms with E-state index in [1.807, 2.05) is 38.3 Å². The van der Waals surface area contributed by atoms with E-state index in [0.717, 1.165) is 12.1 Å². The van der Waals surface area contributed by atoms with Crippen molar-refractivity contribution in [3.8, 4) is 0 Å². The van der Waals surface area contributed by atoms with Gasteiger partial charge in [-0.3, -0.25) is 14.4 Å². The van der Waals surface area contributed by atoms with Gasteiger partial charge in [0.2, 0.25) is 5.91 Å². The topological polar surface area (TPSA) is 50.2 Å². The molecule has 1 aromatic rings. The SMILES string of the molecule is CCNC(=O)CN(C)Cc1cnn(C)c1. The van der Waals surface area contributed by atoms with Crippen LogP contribution in [0.5, 0.6) is 0 Å². The minimum Gasteiger partial charge on any atom is -0.355 e. The zero-order chi connectivity index (χ0) is 11.3. The molecule has 0 bridgehead atoms. The van der Waals surface area contributed by atoms with Gasteiger partial charge in [0.1, 0.15) is 0 Å². The molecule has 0 aliphatic rings. The molecule has 1 amide bonds. The fraction of sp³-hybridized carbons (Fsp3) is 0.600. The standard InChI is InChI=1S/C10H18N4O/c1-4-11-10(15)8-13(2)6-9-5-12-14(3)7-9/h5,7H,4,6,8H2,1-3H3,(H,11,15). The van der Waals surface area contributed by atoms with E-state index >= 15 is 0 Å². The molecular weight excluding hydrogens is 192 g/mol. The van der Waals surface area contributed by atoms with E-state index in [9.17, 15) is 4.79 Å². The summed E-state index contributed by atoms with van der Waals surface area (Å²) in [6, 6.07) is 0.